The summed E-state index contributed by atoms with van der Waals surface area (Å²) in [7, 11) is 0. The molecule has 0 atom stereocenters. The maximum atomic E-state index is 6.19. The zero-order chi connectivity index (χ0) is 26.5. The fraction of sp³-hybridized carbons (Fsp3) is 0. The van der Waals surface area contributed by atoms with E-state index in [2.05, 4.69) is 53.4 Å². The first kappa shape index (κ1) is 22.4. The molecule has 0 bridgehead atoms. The van der Waals surface area contributed by atoms with E-state index in [1.165, 1.54) is 0 Å². The molecule has 1 aliphatic rings. The van der Waals surface area contributed by atoms with Gasteiger partial charge in [-0.15, -0.1) is 0 Å². The van der Waals surface area contributed by atoms with Gasteiger partial charge in [0.05, 0.1) is 33.4 Å². The molecule has 1 aliphatic heterocycles. The third-order valence-corrected chi connectivity index (χ3v) is 7.25. The van der Waals surface area contributed by atoms with Crippen molar-refractivity contribution >= 4 is 39.1 Å². The maximum Gasteiger partial charge on any atom is 0.151 e. The Labute approximate surface area is 230 Å². The van der Waals surface area contributed by atoms with Crippen molar-refractivity contribution in [2.45, 2.75) is 0 Å². The van der Waals surface area contributed by atoms with E-state index >= 15 is 0 Å². The SMILES string of the molecule is c1ccc(-c2c3nccnc3c(-c3ccc(N4c5ccccc5Oc5ccccc54)cc3)c3nccnc23)cc1. The van der Waals surface area contributed by atoms with E-state index < -0.39 is 0 Å². The lowest BCUT2D eigenvalue weighted by Crippen LogP contribution is -2.15. The van der Waals surface area contributed by atoms with E-state index in [-0.39, 0.29) is 0 Å². The first-order valence-electron chi connectivity index (χ1n) is 13.1. The highest BCUT2D eigenvalue weighted by molar-refractivity contribution is 6.16. The van der Waals surface area contributed by atoms with Crippen LogP contribution in [0, 0.1) is 0 Å². The molecule has 3 heterocycles. The van der Waals surface area contributed by atoms with Gasteiger partial charge in [0.1, 0.15) is 0 Å². The molecule has 0 fully saturated rings. The van der Waals surface area contributed by atoms with Crippen molar-refractivity contribution in [3.05, 3.63) is 128 Å². The summed E-state index contributed by atoms with van der Waals surface area (Å²) in [6.07, 6.45) is 6.94. The molecule has 0 unspecified atom stereocenters. The summed E-state index contributed by atoms with van der Waals surface area (Å²) in [4.78, 5) is 21.4. The molecule has 0 spiro atoms. The number of fused-ring (bicyclic) bond motifs is 4. The minimum atomic E-state index is 0.796. The summed E-state index contributed by atoms with van der Waals surface area (Å²) in [6, 6.07) is 34.9. The Bertz CT molecular complexity index is 1940. The van der Waals surface area contributed by atoms with Crippen LogP contribution in [0.2, 0.25) is 0 Å². The largest absolute Gasteiger partial charge is 0.453 e. The Morgan fingerprint density at radius 3 is 1.35 bits per heavy atom. The van der Waals surface area contributed by atoms with Crippen LogP contribution in [0.15, 0.2) is 128 Å². The number of rotatable bonds is 3. The summed E-state index contributed by atoms with van der Waals surface area (Å²) in [5.41, 5.74) is 10.1. The van der Waals surface area contributed by atoms with Crippen LogP contribution in [0.5, 0.6) is 11.5 Å². The van der Waals surface area contributed by atoms with Gasteiger partial charge in [-0.25, -0.2) is 0 Å². The molecular formula is C34H21N5O. The molecule has 7 aromatic rings. The second kappa shape index (κ2) is 8.99. The molecule has 5 aromatic carbocycles. The summed E-state index contributed by atoms with van der Waals surface area (Å²) in [5, 5.41) is 0. The third kappa shape index (κ3) is 3.43. The van der Waals surface area contributed by atoms with Crippen molar-refractivity contribution in [2.24, 2.45) is 0 Å². The van der Waals surface area contributed by atoms with E-state index in [4.69, 9.17) is 24.7 Å². The molecule has 188 valence electrons. The molecule has 8 rings (SSSR count). The van der Waals surface area contributed by atoms with Gasteiger partial charge in [0, 0.05) is 41.6 Å². The number of anilines is 3. The summed E-state index contributed by atoms with van der Waals surface area (Å²) >= 11 is 0. The molecular weight excluding hydrogens is 494 g/mol. The third-order valence-electron chi connectivity index (χ3n) is 7.25. The average Bonchev–Trinajstić information content (AvgIpc) is 3.03. The van der Waals surface area contributed by atoms with Crippen LogP contribution in [-0.4, -0.2) is 19.9 Å². The van der Waals surface area contributed by atoms with Crippen LogP contribution in [-0.2, 0) is 0 Å². The minimum absolute atomic E-state index is 0.796. The van der Waals surface area contributed by atoms with Crippen LogP contribution in [0.1, 0.15) is 0 Å². The Morgan fingerprint density at radius 2 is 0.850 bits per heavy atom. The van der Waals surface area contributed by atoms with Crippen molar-refractivity contribution in [1.29, 1.82) is 0 Å². The van der Waals surface area contributed by atoms with Gasteiger partial charge in [0.15, 0.2) is 11.5 Å². The average molecular weight is 516 g/mol. The topological polar surface area (TPSA) is 64.0 Å². The lowest BCUT2D eigenvalue weighted by molar-refractivity contribution is 0.477. The Hall–Kier alpha value is -5.62. The first-order chi connectivity index (χ1) is 19.9. The smallest absolute Gasteiger partial charge is 0.151 e. The Morgan fingerprint density at radius 1 is 0.425 bits per heavy atom. The highest BCUT2D eigenvalue weighted by atomic mass is 16.5. The van der Waals surface area contributed by atoms with Gasteiger partial charge in [-0.05, 0) is 47.5 Å². The first-order valence-corrected chi connectivity index (χ1v) is 13.1. The maximum absolute atomic E-state index is 6.19. The van der Waals surface area contributed by atoms with Crippen molar-refractivity contribution in [2.75, 3.05) is 4.90 Å². The van der Waals surface area contributed by atoms with Crippen LogP contribution in [0.4, 0.5) is 17.1 Å². The number of benzene rings is 5. The van der Waals surface area contributed by atoms with Gasteiger partial charge in [-0.1, -0.05) is 66.7 Å². The monoisotopic (exact) mass is 515 g/mol. The van der Waals surface area contributed by atoms with Crippen LogP contribution in [0.3, 0.4) is 0 Å². The van der Waals surface area contributed by atoms with E-state index in [0.717, 1.165) is 72.9 Å². The van der Waals surface area contributed by atoms with Gasteiger partial charge < -0.3 is 9.64 Å². The second-order valence-corrected chi connectivity index (χ2v) is 9.54. The predicted molar refractivity (Wildman–Crippen MR) is 158 cm³/mol. The van der Waals surface area contributed by atoms with Gasteiger partial charge >= 0.3 is 0 Å². The quantitative estimate of drug-likeness (QED) is 0.220. The Balaban J connectivity index is 1.33. The van der Waals surface area contributed by atoms with E-state index in [1.54, 1.807) is 24.8 Å². The standard InChI is InChI=1S/C34H21N5O/c1-2-8-22(9-3-1)29-31-33(37-20-18-35-31)30(34-32(29)36-19-21-38-34)23-14-16-24(17-15-23)39-25-10-4-6-12-27(25)40-28-13-7-5-11-26(28)39/h1-21H. The number of aromatic nitrogens is 4. The molecule has 0 amide bonds. The molecule has 0 saturated carbocycles. The van der Waals surface area contributed by atoms with Crippen molar-refractivity contribution in [3.63, 3.8) is 0 Å². The van der Waals surface area contributed by atoms with E-state index in [0.29, 0.717) is 0 Å². The van der Waals surface area contributed by atoms with Gasteiger partial charge in [0.25, 0.3) is 0 Å². The molecule has 40 heavy (non-hydrogen) atoms. The fourth-order valence-corrected chi connectivity index (χ4v) is 5.54. The molecule has 0 N–H and O–H groups in total. The van der Waals surface area contributed by atoms with Gasteiger partial charge in [-0.2, -0.15) is 0 Å². The zero-order valence-electron chi connectivity index (χ0n) is 21.3. The lowest BCUT2D eigenvalue weighted by atomic mass is 9.94. The van der Waals surface area contributed by atoms with Crippen molar-refractivity contribution < 1.29 is 4.74 Å². The summed E-state index contributed by atoms with van der Waals surface area (Å²) in [6.45, 7) is 0. The number of ether oxygens (including phenoxy) is 1. The summed E-state index contributed by atoms with van der Waals surface area (Å²) in [5.74, 6) is 1.65. The van der Waals surface area contributed by atoms with Crippen molar-refractivity contribution in [1.82, 2.24) is 19.9 Å². The number of para-hydroxylation sites is 4. The number of hydrogen-bond donors (Lipinski definition) is 0. The molecule has 0 aliphatic carbocycles. The second-order valence-electron chi connectivity index (χ2n) is 9.54. The minimum Gasteiger partial charge on any atom is -0.453 e. The fourth-order valence-electron chi connectivity index (χ4n) is 5.54. The van der Waals surface area contributed by atoms with E-state index in [9.17, 15) is 0 Å². The van der Waals surface area contributed by atoms with Gasteiger partial charge in [0.2, 0.25) is 0 Å². The summed E-state index contributed by atoms with van der Waals surface area (Å²) < 4.78 is 6.19. The molecule has 0 saturated heterocycles. The number of nitrogens with zero attached hydrogens (tertiary/aromatic N) is 5. The highest BCUT2D eigenvalue weighted by Gasteiger charge is 2.26. The van der Waals surface area contributed by atoms with Crippen LogP contribution in [0.25, 0.3) is 44.3 Å². The number of hydrogen-bond acceptors (Lipinski definition) is 6. The van der Waals surface area contributed by atoms with E-state index in [1.807, 2.05) is 54.6 Å². The molecule has 6 nitrogen and oxygen atoms in total. The van der Waals surface area contributed by atoms with Crippen molar-refractivity contribution in [3.8, 4) is 33.8 Å². The normalized spacial score (nSPS) is 12.2. The lowest BCUT2D eigenvalue weighted by Gasteiger charge is -2.32. The zero-order valence-corrected chi connectivity index (χ0v) is 21.3. The van der Waals surface area contributed by atoms with Crippen LogP contribution < -0.4 is 9.64 Å². The highest BCUT2D eigenvalue weighted by Crippen LogP contribution is 2.50. The van der Waals surface area contributed by atoms with Gasteiger partial charge in [-0.3, -0.25) is 19.9 Å². The molecule has 2 aromatic heterocycles. The molecule has 6 heteroatoms. The van der Waals surface area contributed by atoms with Crippen LogP contribution >= 0.6 is 0 Å². The Kier molecular flexibility index (Phi) is 5.03. The predicted octanol–water partition coefficient (Wildman–Crippen LogP) is 8.48. The molecule has 0 radical (unpaired) electrons.